The molecule has 58 heavy (non-hydrogen) atoms. The predicted octanol–water partition coefficient (Wildman–Crippen LogP) is 15.4. The van der Waals surface area contributed by atoms with Gasteiger partial charge < -0.3 is 18.3 Å². The van der Waals surface area contributed by atoms with Gasteiger partial charge in [0.1, 0.15) is 22.3 Å². The van der Waals surface area contributed by atoms with Crippen LogP contribution in [-0.4, -0.2) is 4.57 Å². The van der Waals surface area contributed by atoms with Crippen LogP contribution in [0.25, 0.3) is 93.6 Å². The summed E-state index contributed by atoms with van der Waals surface area (Å²) >= 11 is 0. The van der Waals surface area contributed by atoms with Crippen molar-refractivity contribution in [3.8, 4) is 27.9 Å². The highest BCUT2D eigenvalue weighted by atomic mass is 16.3. The largest absolute Gasteiger partial charge is 0.456 e. The zero-order valence-corrected chi connectivity index (χ0v) is 31.3. The van der Waals surface area contributed by atoms with E-state index in [4.69, 9.17) is 8.83 Å². The predicted molar refractivity (Wildman–Crippen MR) is 241 cm³/mol. The van der Waals surface area contributed by atoms with Crippen LogP contribution < -0.4 is 4.90 Å². The summed E-state index contributed by atoms with van der Waals surface area (Å²) in [5.41, 5.74) is 14.3. The molecule has 0 bridgehead atoms. The lowest BCUT2D eigenvalue weighted by atomic mass is 9.98. The van der Waals surface area contributed by atoms with Crippen LogP contribution in [0, 0.1) is 0 Å². The third kappa shape index (κ3) is 5.02. The van der Waals surface area contributed by atoms with Gasteiger partial charge in [-0.15, -0.1) is 0 Å². The minimum atomic E-state index is 0.840. The Balaban J connectivity index is 1.16. The molecule has 272 valence electrons. The molecule has 3 aromatic heterocycles. The first-order valence-corrected chi connectivity index (χ1v) is 19.7. The molecule has 0 fully saturated rings. The standard InChI is InChI=1S/C54H34N2O2/c1-4-14-35(15-5-1)37-24-27-45-51(32-37)58-54-41(36-16-6-2-7-17-36)29-31-49(53(45)54)55(40-25-28-44-43-21-11-13-23-50(43)57-52(44)34-40)39-26-30-48-46(33-39)42-20-10-12-22-47(42)56(48)38-18-8-3-9-19-38/h1-34H. The molecule has 0 amide bonds. The highest BCUT2D eigenvalue weighted by molar-refractivity contribution is 6.18. The van der Waals surface area contributed by atoms with E-state index in [9.17, 15) is 0 Å². The molecule has 3 heterocycles. The van der Waals surface area contributed by atoms with Crippen molar-refractivity contribution in [1.82, 2.24) is 4.57 Å². The number of anilines is 3. The summed E-state index contributed by atoms with van der Waals surface area (Å²) in [6, 6.07) is 73.1. The van der Waals surface area contributed by atoms with Crippen LogP contribution >= 0.6 is 0 Å². The first kappa shape index (κ1) is 32.4. The number of hydrogen-bond acceptors (Lipinski definition) is 3. The Kier molecular flexibility index (Phi) is 7.20. The second-order valence-corrected chi connectivity index (χ2v) is 14.9. The van der Waals surface area contributed by atoms with Gasteiger partial charge in [-0.05, 0) is 95.6 Å². The molecule has 9 aromatic carbocycles. The molecule has 0 saturated carbocycles. The molecule has 0 aliphatic heterocycles. The van der Waals surface area contributed by atoms with Gasteiger partial charge in [-0.3, -0.25) is 0 Å². The number of rotatable bonds is 6. The summed E-state index contributed by atoms with van der Waals surface area (Å²) in [5.74, 6) is 0. The number of benzene rings is 9. The first-order chi connectivity index (χ1) is 28.8. The van der Waals surface area contributed by atoms with E-state index in [-0.39, 0.29) is 0 Å². The van der Waals surface area contributed by atoms with Crippen molar-refractivity contribution in [2.24, 2.45) is 0 Å². The third-order valence-electron chi connectivity index (χ3n) is 11.6. The van der Waals surface area contributed by atoms with E-state index in [0.29, 0.717) is 0 Å². The topological polar surface area (TPSA) is 34.5 Å². The lowest BCUT2D eigenvalue weighted by Gasteiger charge is -2.27. The average Bonchev–Trinajstić information content (AvgIpc) is 3.97. The van der Waals surface area contributed by atoms with Crippen LogP contribution in [-0.2, 0) is 0 Å². The summed E-state index contributed by atoms with van der Waals surface area (Å²) in [5, 5.41) is 6.67. The van der Waals surface area contributed by atoms with Gasteiger partial charge in [0.2, 0.25) is 0 Å². The van der Waals surface area contributed by atoms with Gasteiger partial charge in [-0.1, -0.05) is 121 Å². The van der Waals surface area contributed by atoms with E-state index < -0.39 is 0 Å². The van der Waals surface area contributed by atoms with Gasteiger partial charge in [-0.25, -0.2) is 0 Å². The summed E-state index contributed by atoms with van der Waals surface area (Å²) in [6.07, 6.45) is 0. The van der Waals surface area contributed by atoms with Crippen molar-refractivity contribution < 1.29 is 8.83 Å². The number of nitrogens with zero attached hydrogens (tertiary/aromatic N) is 2. The van der Waals surface area contributed by atoms with Crippen LogP contribution in [0.5, 0.6) is 0 Å². The van der Waals surface area contributed by atoms with Crippen LogP contribution in [0.3, 0.4) is 0 Å². The van der Waals surface area contributed by atoms with Gasteiger partial charge in [0.05, 0.1) is 22.1 Å². The van der Waals surface area contributed by atoms with Crippen LogP contribution in [0.1, 0.15) is 0 Å². The Morgan fingerprint density at radius 1 is 0.362 bits per heavy atom. The molecular weight excluding hydrogens is 709 g/mol. The van der Waals surface area contributed by atoms with Crippen molar-refractivity contribution in [2.75, 3.05) is 4.90 Å². The Hall–Kier alpha value is -7.82. The maximum Gasteiger partial charge on any atom is 0.145 e. The van der Waals surface area contributed by atoms with Crippen molar-refractivity contribution in [3.63, 3.8) is 0 Å². The monoisotopic (exact) mass is 742 g/mol. The molecule has 4 nitrogen and oxygen atoms in total. The Morgan fingerprint density at radius 2 is 0.983 bits per heavy atom. The van der Waals surface area contributed by atoms with Crippen LogP contribution in [0.2, 0.25) is 0 Å². The summed E-state index contributed by atoms with van der Waals surface area (Å²) in [7, 11) is 0. The summed E-state index contributed by atoms with van der Waals surface area (Å²) in [4.78, 5) is 2.37. The van der Waals surface area contributed by atoms with E-state index in [1.807, 2.05) is 12.1 Å². The van der Waals surface area contributed by atoms with E-state index in [0.717, 1.165) is 94.4 Å². The van der Waals surface area contributed by atoms with E-state index in [1.54, 1.807) is 0 Å². The smallest absolute Gasteiger partial charge is 0.145 e. The maximum atomic E-state index is 7.00. The molecule has 0 saturated heterocycles. The molecule has 0 aliphatic carbocycles. The molecule has 12 rings (SSSR count). The normalized spacial score (nSPS) is 11.8. The zero-order chi connectivity index (χ0) is 38.2. The lowest BCUT2D eigenvalue weighted by Crippen LogP contribution is -2.10. The summed E-state index contributed by atoms with van der Waals surface area (Å²) < 4.78 is 15.9. The number of hydrogen-bond donors (Lipinski definition) is 0. The summed E-state index contributed by atoms with van der Waals surface area (Å²) in [6.45, 7) is 0. The molecular formula is C54H34N2O2. The molecule has 0 radical (unpaired) electrons. The van der Waals surface area contributed by atoms with Gasteiger partial charge in [0.15, 0.2) is 0 Å². The molecule has 0 aliphatic rings. The van der Waals surface area contributed by atoms with Gasteiger partial charge in [0, 0.05) is 55.6 Å². The minimum Gasteiger partial charge on any atom is -0.456 e. The van der Waals surface area contributed by atoms with Crippen LogP contribution in [0.15, 0.2) is 215 Å². The van der Waals surface area contributed by atoms with Gasteiger partial charge >= 0.3 is 0 Å². The van der Waals surface area contributed by atoms with E-state index in [2.05, 4.69) is 204 Å². The van der Waals surface area contributed by atoms with Crippen molar-refractivity contribution >= 4 is 82.7 Å². The second kappa shape index (κ2) is 12.9. The maximum absolute atomic E-state index is 7.00. The second-order valence-electron chi connectivity index (χ2n) is 14.9. The fourth-order valence-electron chi connectivity index (χ4n) is 8.94. The molecule has 12 aromatic rings. The fraction of sp³-hybridized carbons (Fsp3) is 0. The Labute approximate surface area is 334 Å². The average molecular weight is 743 g/mol. The van der Waals surface area contributed by atoms with Gasteiger partial charge in [-0.2, -0.15) is 0 Å². The molecule has 4 heteroatoms. The number of furan rings is 2. The SMILES string of the molecule is c1ccc(-c2ccc3c(c2)oc2c(-c4ccccc4)ccc(N(c4ccc5c(c4)oc4ccccc45)c4ccc5c(c4)c4ccccc4n5-c4ccccc4)c23)cc1. The molecule has 0 spiro atoms. The fourth-order valence-corrected chi connectivity index (χ4v) is 8.94. The quantitative estimate of drug-likeness (QED) is 0.170. The third-order valence-corrected chi connectivity index (χ3v) is 11.6. The van der Waals surface area contributed by atoms with E-state index >= 15 is 0 Å². The van der Waals surface area contributed by atoms with Crippen molar-refractivity contribution in [3.05, 3.63) is 206 Å². The van der Waals surface area contributed by atoms with E-state index in [1.165, 1.54) is 16.3 Å². The van der Waals surface area contributed by atoms with Crippen molar-refractivity contribution in [1.29, 1.82) is 0 Å². The Morgan fingerprint density at radius 3 is 1.81 bits per heavy atom. The minimum absolute atomic E-state index is 0.840. The van der Waals surface area contributed by atoms with Crippen molar-refractivity contribution in [2.45, 2.75) is 0 Å². The highest BCUT2D eigenvalue weighted by Gasteiger charge is 2.24. The number of aromatic nitrogens is 1. The number of fused-ring (bicyclic) bond motifs is 9. The highest BCUT2D eigenvalue weighted by Crippen LogP contribution is 2.48. The molecule has 0 N–H and O–H groups in total. The van der Waals surface area contributed by atoms with Crippen LogP contribution in [0.4, 0.5) is 17.1 Å². The lowest BCUT2D eigenvalue weighted by molar-refractivity contribution is 0.669. The first-order valence-electron chi connectivity index (χ1n) is 19.7. The van der Waals surface area contributed by atoms with Gasteiger partial charge in [0.25, 0.3) is 0 Å². The Bertz CT molecular complexity index is 3500. The zero-order valence-electron chi connectivity index (χ0n) is 31.3. The molecule has 0 atom stereocenters. The molecule has 0 unspecified atom stereocenters. The number of para-hydroxylation sites is 3.